The van der Waals surface area contributed by atoms with Gasteiger partial charge in [0.25, 0.3) is 0 Å². The molecule has 6 nitrogen and oxygen atoms in total. The molecule has 0 amide bonds. The third kappa shape index (κ3) is 5.50. The fraction of sp³-hybridized carbons (Fsp3) is 0.111. The number of carbonyl (C=O) groups is 2. The number of carboxylic acid groups (broad SMARTS) is 1. The lowest BCUT2D eigenvalue weighted by Gasteiger charge is -2.18. The van der Waals surface area contributed by atoms with Crippen LogP contribution in [-0.2, 0) is 11.2 Å². The normalized spacial score (nSPS) is 11.6. The van der Waals surface area contributed by atoms with Crippen LogP contribution in [0.25, 0.3) is 11.1 Å². The van der Waals surface area contributed by atoms with Gasteiger partial charge in [-0.2, -0.15) is 4.98 Å². The molecule has 0 saturated carbocycles. The average molecular weight is 471 g/mol. The number of aromatic nitrogens is 2. The van der Waals surface area contributed by atoms with E-state index in [1.165, 1.54) is 16.3 Å². The maximum absolute atomic E-state index is 13.0. The summed E-state index contributed by atoms with van der Waals surface area (Å²) >= 11 is 1.17. The van der Waals surface area contributed by atoms with Crippen molar-refractivity contribution in [3.63, 3.8) is 0 Å². The Hall–Kier alpha value is -3.97. The zero-order valence-corrected chi connectivity index (χ0v) is 19.0. The number of benzene rings is 3. The van der Waals surface area contributed by atoms with E-state index in [2.05, 4.69) is 4.98 Å². The van der Waals surface area contributed by atoms with Gasteiger partial charge in [-0.1, -0.05) is 103 Å². The van der Waals surface area contributed by atoms with E-state index in [0.29, 0.717) is 16.2 Å². The van der Waals surface area contributed by atoms with Gasteiger partial charge in [0.2, 0.25) is 0 Å². The van der Waals surface area contributed by atoms with Crippen LogP contribution in [-0.4, -0.2) is 32.2 Å². The first-order valence-electron chi connectivity index (χ1n) is 10.7. The second-order valence-corrected chi connectivity index (χ2v) is 8.60. The van der Waals surface area contributed by atoms with Crippen molar-refractivity contribution in [2.75, 3.05) is 5.75 Å². The Balaban J connectivity index is 1.71. The summed E-state index contributed by atoms with van der Waals surface area (Å²) in [7, 11) is 0. The minimum absolute atomic E-state index is 0.0805. The van der Waals surface area contributed by atoms with Crippen LogP contribution in [0.1, 0.15) is 22.0 Å². The molecule has 0 aliphatic rings. The zero-order chi connectivity index (χ0) is 23.9. The van der Waals surface area contributed by atoms with Gasteiger partial charge in [0.15, 0.2) is 5.78 Å². The van der Waals surface area contributed by atoms with E-state index in [4.69, 9.17) is 0 Å². The number of rotatable bonds is 9. The Morgan fingerprint density at radius 3 is 2.09 bits per heavy atom. The number of nitrogens with zero attached hydrogens (tertiary/aromatic N) is 2. The van der Waals surface area contributed by atoms with Crippen LogP contribution in [0, 0.1) is 0 Å². The van der Waals surface area contributed by atoms with Crippen molar-refractivity contribution < 1.29 is 14.7 Å². The third-order valence-corrected chi connectivity index (χ3v) is 6.32. The van der Waals surface area contributed by atoms with Gasteiger partial charge in [0, 0.05) is 23.7 Å². The number of ketones is 1. The second-order valence-electron chi connectivity index (χ2n) is 7.64. The summed E-state index contributed by atoms with van der Waals surface area (Å²) in [6.07, 6.45) is 1.69. The van der Waals surface area contributed by atoms with Gasteiger partial charge in [-0.15, -0.1) is 0 Å². The lowest BCUT2D eigenvalue weighted by Crippen LogP contribution is -2.33. The van der Waals surface area contributed by atoms with Gasteiger partial charge >= 0.3 is 11.7 Å². The first kappa shape index (κ1) is 23.2. The van der Waals surface area contributed by atoms with Crippen LogP contribution in [0.4, 0.5) is 0 Å². The highest BCUT2D eigenvalue weighted by Crippen LogP contribution is 2.30. The predicted molar refractivity (Wildman–Crippen MR) is 132 cm³/mol. The van der Waals surface area contributed by atoms with E-state index in [1.807, 2.05) is 66.7 Å². The number of carbonyl (C=O) groups excluding carboxylic acids is 1. The van der Waals surface area contributed by atoms with Crippen molar-refractivity contribution in [2.24, 2.45) is 0 Å². The quantitative estimate of drug-likeness (QED) is 0.216. The minimum atomic E-state index is -1.12. The Morgan fingerprint density at radius 2 is 1.47 bits per heavy atom. The number of Topliss-reactive ketones (excluding diaryl/α,β-unsaturated/α-hetero) is 1. The van der Waals surface area contributed by atoms with Crippen LogP contribution in [0.15, 0.2) is 107 Å². The van der Waals surface area contributed by atoms with Crippen molar-refractivity contribution in [2.45, 2.75) is 17.5 Å². The van der Waals surface area contributed by atoms with E-state index >= 15 is 0 Å². The Bertz CT molecular complexity index is 1340. The highest BCUT2D eigenvalue weighted by molar-refractivity contribution is 8.00. The number of hydrogen-bond acceptors (Lipinski definition) is 5. The molecule has 4 aromatic rings. The molecule has 0 radical (unpaired) electrons. The molecule has 34 heavy (non-hydrogen) atoms. The maximum atomic E-state index is 13.0. The van der Waals surface area contributed by atoms with Crippen LogP contribution in [0.2, 0.25) is 0 Å². The molecule has 3 aromatic carbocycles. The van der Waals surface area contributed by atoms with Crippen LogP contribution < -0.4 is 5.69 Å². The third-order valence-electron chi connectivity index (χ3n) is 5.33. The first-order valence-corrected chi connectivity index (χ1v) is 11.7. The lowest BCUT2D eigenvalue weighted by atomic mass is 10.1. The molecular weight excluding hydrogens is 448 g/mol. The number of carboxylic acids is 1. The van der Waals surface area contributed by atoms with Gasteiger partial charge in [-0.3, -0.25) is 9.36 Å². The van der Waals surface area contributed by atoms with E-state index in [0.717, 1.165) is 11.1 Å². The molecule has 0 fully saturated rings. The smallest absolute Gasteiger partial charge is 0.349 e. The SMILES string of the molecule is O=C(CSc1nc(=O)n(C(Cc2ccccc2)C(=O)O)cc1-c1ccccc1)c1ccccc1. The maximum Gasteiger partial charge on any atom is 0.349 e. The topological polar surface area (TPSA) is 89.3 Å². The van der Waals surface area contributed by atoms with Crippen LogP contribution in [0.3, 0.4) is 0 Å². The van der Waals surface area contributed by atoms with Gasteiger partial charge in [0.1, 0.15) is 11.1 Å². The van der Waals surface area contributed by atoms with Crippen LogP contribution >= 0.6 is 11.8 Å². The molecule has 0 saturated heterocycles. The van der Waals surface area contributed by atoms with Gasteiger partial charge < -0.3 is 5.11 Å². The molecule has 1 N–H and O–H groups in total. The molecule has 1 atom stereocenters. The minimum Gasteiger partial charge on any atom is -0.480 e. The molecular formula is C27H22N2O4S. The summed E-state index contributed by atoms with van der Waals surface area (Å²) < 4.78 is 1.17. The molecule has 0 aliphatic carbocycles. The fourth-order valence-corrected chi connectivity index (χ4v) is 4.49. The van der Waals surface area contributed by atoms with Gasteiger partial charge in [-0.05, 0) is 11.1 Å². The molecule has 0 aliphatic heterocycles. The molecule has 0 bridgehead atoms. The summed E-state index contributed by atoms with van der Waals surface area (Å²) in [5.74, 6) is -1.10. The highest BCUT2D eigenvalue weighted by Gasteiger charge is 2.24. The Kier molecular flexibility index (Phi) is 7.34. The summed E-state index contributed by atoms with van der Waals surface area (Å²) in [5, 5.41) is 10.3. The Labute approximate surface area is 200 Å². The van der Waals surface area contributed by atoms with E-state index in [9.17, 15) is 19.5 Å². The van der Waals surface area contributed by atoms with E-state index < -0.39 is 17.7 Å². The number of hydrogen-bond donors (Lipinski definition) is 1. The summed E-state index contributed by atoms with van der Waals surface area (Å²) in [4.78, 5) is 41.9. The molecule has 4 rings (SSSR count). The molecule has 1 heterocycles. The van der Waals surface area contributed by atoms with Gasteiger partial charge in [0.05, 0.1) is 5.75 Å². The second kappa shape index (κ2) is 10.8. The molecule has 7 heteroatoms. The Morgan fingerprint density at radius 1 is 0.882 bits per heavy atom. The first-order chi connectivity index (χ1) is 16.5. The van der Waals surface area contributed by atoms with Crippen molar-refractivity contribution in [3.05, 3.63) is 119 Å². The van der Waals surface area contributed by atoms with Crippen molar-refractivity contribution in [1.29, 1.82) is 0 Å². The van der Waals surface area contributed by atoms with Crippen molar-refractivity contribution >= 4 is 23.5 Å². The lowest BCUT2D eigenvalue weighted by molar-refractivity contribution is -0.141. The number of thioether (sulfide) groups is 1. The standard InChI is InChI=1S/C27H22N2O4S/c30-24(21-14-8-3-9-15-21)18-34-25-22(20-12-6-2-7-13-20)17-29(27(33)28-25)23(26(31)32)16-19-10-4-1-5-11-19/h1-15,17,23H,16,18H2,(H,31,32). The molecule has 170 valence electrons. The highest BCUT2D eigenvalue weighted by atomic mass is 32.2. The average Bonchev–Trinajstić information content (AvgIpc) is 2.87. The summed E-state index contributed by atoms with van der Waals surface area (Å²) in [6, 6.07) is 26.3. The number of aliphatic carboxylic acids is 1. The molecule has 1 aromatic heterocycles. The predicted octanol–water partition coefficient (Wildman–Crippen LogP) is 4.75. The van der Waals surface area contributed by atoms with Gasteiger partial charge in [-0.25, -0.2) is 9.59 Å². The van der Waals surface area contributed by atoms with E-state index in [-0.39, 0.29) is 18.0 Å². The van der Waals surface area contributed by atoms with E-state index in [1.54, 1.807) is 30.5 Å². The summed E-state index contributed by atoms with van der Waals surface area (Å²) in [6.45, 7) is 0. The summed E-state index contributed by atoms with van der Waals surface area (Å²) in [5.41, 5.74) is 2.10. The molecule has 0 spiro atoms. The largest absolute Gasteiger partial charge is 0.480 e. The van der Waals surface area contributed by atoms with Crippen molar-refractivity contribution in [3.8, 4) is 11.1 Å². The molecule has 1 unspecified atom stereocenters. The monoisotopic (exact) mass is 470 g/mol. The zero-order valence-electron chi connectivity index (χ0n) is 18.2. The van der Waals surface area contributed by atoms with Crippen LogP contribution in [0.5, 0.6) is 0 Å². The fourth-order valence-electron chi connectivity index (χ4n) is 3.59. The van der Waals surface area contributed by atoms with Crippen molar-refractivity contribution in [1.82, 2.24) is 9.55 Å².